The zero-order chi connectivity index (χ0) is 20.7. The summed E-state index contributed by atoms with van der Waals surface area (Å²) in [7, 11) is 6.62. The predicted molar refractivity (Wildman–Crippen MR) is 111 cm³/mol. The molecule has 0 saturated heterocycles. The van der Waals surface area contributed by atoms with E-state index >= 15 is 0 Å². The molecule has 0 spiro atoms. The normalized spacial score (nSPS) is 10.8. The summed E-state index contributed by atoms with van der Waals surface area (Å²) in [6, 6.07) is 10.5. The van der Waals surface area contributed by atoms with Crippen molar-refractivity contribution in [2.75, 3.05) is 28.3 Å². The van der Waals surface area contributed by atoms with Gasteiger partial charge in [0.05, 0.1) is 14.2 Å². The van der Waals surface area contributed by atoms with Gasteiger partial charge in [0.15, 0.2) is 5.78 Å². The Kier molecular flexibility index (Phi) is 7.38. The number of nitrogens with zero attached hydrogens (tertiary/aromatic N) is 1. The van der Waals surface area contributed by atoms with Crippen LogP contribution in [0.5, 0.6) is 11.5 Å². The smallest absolute Gasteiger partial charge is 0.253 e. The lowest BCUT2D eigenvalue weighted by Crippen LogP contribution is -2.21. The van der Waals surface area contributed by atoms with Gasteiger partial charge in [0, 0.05) is 36.9 Å². The Balaban J connectivity index is 2.26. The highest BCUT2D eigenvalue weighted by atomic mass is 16.5. The summed E-state index contributed by atoms with van der Waals surface area (Å²) in [5.74, 6) is 1.19. The maximum absolute atomic E-state index is 12.5. The Bertz CT molecular complexity index is 867. The van der Waals surface area contributed by atoms with Crippen LogP contribution in [0, 0.1) is 0 Å². The van der Waals surface area contributed by atoms with E-state index in [1.165, 1.54) is 11.0 Å². The summed E-state index contributed by atoms with van der Waals surface area (Å²) in [5, 5.41) is 0. The number of ketones is 1. The molecule has 2 aromatic rings. The average molecular weight is 381 g/mol. The van der Waals surface area contributed by atoms with E-state index in [1.807, 2.05) is 12.1 Å². The summed E-state index contributed by atoms with van der Waals surface area (Å²) >= 11 is 0. The van der Waals surface area contributed by atoms with Gasteiger partial charge in [-0.2, -0.15) is 0 Å². The third-order valence-electron chi connectivity index (χ3n) is 4.39. The first-order chi connectivity index (χ1) is 13.4. The Morgan fingerprint density at radius 1 is 0.964 bits per heavy atom. The molecule has 0 unspecified atom stereocenters. The van der Waals surface area contributed by atoms with E-state index in [-0.39, 0.29) is 11.7 Å². The Hall–Kier alpha value is -3.08. The number of carbonyl (C=O) groups excluding carboxylic acids is 2. The first kappa shape index (κ1) is 21.2. The average Bonchev–Trinajstić information content (AvgIpc) is 2.71. The van der Waals surface area contributed by atoms with Gasteiger partial charge in [-0.25, -0.2) is 0 Å². The van der Waals surface area contributed by atoms with Crippen LogP contribution in [0.1, 0.15) is 45.2 Å². The number of benzene rings is 2. The second kappa shape index (κ2) is 9.74. The van der Waals surface area contributed by atoms with Gasteiger partial charge in [-0.15, -0.1) is 0 Å². The van der Waals surface area contributed by atoms with E-state index < -0.39 is 0 Å². The van der Waals surface area contributed by atoms with E-state index in [0.29, 0.717) is 16.9 Å². The maximum Gasteiger partial charge on any atom is 0.253 e. The molecule has 0 aliphatic rings. The van der Waals surface area contributed by atoms with Crippen molar-refractivity contribution in [3.63, 3.8) is 0 Å². The Morgan fingerprint density at radius 2 is 1.57 bits per heavy atom. The fourth-order valence-electron chi connectivity index (χ4n) is 2.88. The standard InChI is InChI=1S/C23H27NO4/c1-6-7-18-14-19(22(28-5)15-21(18)27-4)12-13-20(25)16-8-10-17(11-9-16)23(26)24(2)3/h8-15H,6-7H2,1-5H3/b13-12+. The number of hydrogen-bond acceptors (Lipinski definition) is 4. The maximum atomic E-state index is 12.5. The molecule has 0 aromatic heterocycles. The highest BCUT2D eigenvalue weighted by Gasteiger charge is 2.11. The molecule has 5 nitrogen and oxygen atoms in total. The van der Waals surface area contributed by atoms with Crippen LogP contribution >= 0.6 is 0 Å². The third-order valence-corrected chi connectivity index (χ3v) is 4.39. The molecule has 2 rings (SSSR count). The topological polar surface area (TPSA) is 55.8 Å². The SMILES string of the molecule is CCCc1cc(/C=C/C(=O)c2ccc(C(=O)N(C)C)cc2)c(OC)cc1OC. The van der Waals surface area contributed by atoms with Crippen molar-refractivity contribution in [2.24, 2.45) is 0 Å². The van der Waals surface area contributed by atoms with Crippen molar-refractivity contribution < 1.29 is 19.1 Å². The molecule has 0 saturated carbocycles. The number of ether oxygens (including phenoxy) is 2. The molecule has 0 heterocycles. The molecular weight excluding hydrogens is 354 g/mol. The van der Waals surface area contributed by atoms with Gasteiger partial charge in [-0.05, 0) is 42.3 Å². The Labute approximate surface area is 166 Å². The predicted octanol–water partition coefficient (Wildman–Crippen LogP) is 4.25. The monoisotopic (exact) mass is 381 g/mol. The first-order valence-corrected chi connectivity index (χ1v) is 9.20. The van der Waals surface area contributed by atoms with Gasteiger partial charge in [0.2, 0.25) is 0 Å². The summed E-state index contributed by atoms with van der Waals surface area (Å²) in [5.41, 5.74) is 2.96. The molecule has 5 heteroatoms. The van der Waals surface area contributed by atoms with Crippen molar-refractivity contribution >= 4 is 17.8 Å². The molecule has 2 aromatic carbocycles. The molecule has 0 fully saturated rings. The number of hydrogen-bond donors (Lipinski definition) is 0. The van der Waals surface area contributed by atoms with Crippen LogP contribution in [0.2, 0.25) is 0 Å². The number of carbonyl (C=O) groups is 2. The van der Waals surface area contributed by atoms with Crippen molar-refractivity contribution in [2.45, 2.75) is 19.8 Å². The fraction of sp³-hybridized carbons (Fsp3) is 0.304. The van der Waals surface area contributed by atoms with Gasteiger partial charge in [-0.3, -0.25) is 9.59 Å². The van der Waals surface area contributed by atoms with E-state index in [1.54, 1.807) is 58.7 Å². The lowest BCUT2D eigenvalue weighted by Gasteiger charge is -2.13. The minimum atomic E-state index is -0.140. The zero-order valence-corrected chi connectivity index (χ0v) is 17.1. The van der Waals surface area contributed by atoms with E-state index in [0.717, 1.165) is 29.7 Å². The van der Waals surface area contributed by atoms with Crippen molar-refractivity contribution in [3.8, 4) is 11.5 Å². The quantitative estimate of drug-likeness (QED) is 0.507. The van der Waals surface area contributed by atoms with Crippen LogP contribution in [-0.4, -0.2) is 44.9 Å². The molecule has 0 N–H and O–H groups in total. The number of methoxy groups -OCH3 is 2. The molecule has 1 amide bonds. The largest absolute Gasteiger partial charge is 0.496 e. The van der Waals surface area contributed by atoms with Crippen molar-refractivity contribution in [3.05, 3.63) is 64.7 Å². The minimum Gasteiger partial charge on any atom is -0.496 e. The van der Waals surface area contributed by atoms with Crippen LogP contribution in [0.3, 0.4) is 0 Å². The molecule has 0 aliphatic carbocycles. The van der Waals surface area contributed by atoms with Crippen LogP contribution < -0.4 is 9.47 Å². The minimum absolute atomic E-state index is 0.0963. The van der Waals surface area contributed by atoms with Gasteiger partial charge in [-0.1, -0.05) is 25.5 Å². The summed E-state index contributed by atoms with van der Waals surface area (Å²) in [6.45, 7) is 2.10. The fourth-order valence-corrected chi connectivity index (χ4v) is 2.88. The molecule has 0 aliphatic heterocycles. The van der Waals surface area contributed by atoms with Gasteiger partial charge in [0.1, 0.15) is 11.5 Å². The second-order valence-electron chi connectivity index (χ2n) is 6.63. The van der Waals surface area contributed by atoms with E-state index in [2.05, 4.69) is 6.92 Å². The third kappa shape index (κ3) is 5.00. The van der Waals surface area contributed by atoms with E-state index in [9.17, 15) is 9.59 Å². The highest BCUT2D eigenvalue weighted by Crippen LogP contribution is 2.31. The van der Waals surface area contributed by atoms with Gasteiger partial charge >= 0.3 is 0 Å². The van der Waals surface area contributed by atoms with Crippen molar-refractivity contribution in [1.82, 2.24) is 4.90 Å². The Morgan fingerprint density at radius 3 is 2.11 bits per heavy atom. The molecule has 0 atom stereocenters. The van der Waals surface area contributed by atoms with Gasteiger partial charge in [0.25, 0.3) is 5.91 Å². The molecular formula is C23H27NO4. The number of aryl methyl sites for hydroxylation is 1. The van der Waals surface area contributed by atoms with Crippen LogP contribution in [-0.2, 0) is 6.42 Å². The number of amides is 1. The summed E-state index contributed by atoms with van der Waals surface area (Å²) in [4.78, 5) is 26.0. The van der Waals surface area contributed by atoms with Crippen LogP contribution in [0.25, 0.3) is 6.08 Å². The lowest BCUT2D eigenvalue weighted by atomic mass is 10.0. The molecule has 28 heavy (non-hydrogen) atoms. The zero-order valence-electron chi connectivity index (χ0n) is 17.1. The van der Waals surface area contributed by atoms with Crippen LogP contribution in [0.15, 0.2) is 42.5 Å². The molecule has 0 radical (unpaired) electrons. The lowest BCUT2D eigenvalue weighted by molar-refractivity contribution is 0.0827. The van der Waals surface area contributed by atoms with Crippen LogP contribution in [0.4, 0.5) is 0 Å². The number of allylic oxidation sites excluding steroid dienone is 1. The number of rotatable bonds is 8. The molecule has 0 bridgehead atoms. The summed E-state index contributed by atoms with van der Waals surface area (Å²) < 4.78 is 10.9. The summed E-state index contributed by atoms with van der Waals surface area (Å²) in [6.07, 6.45) is 5.13. The first-order valence-electron chi connectivity index (χ1n) is 9.20. The van der Waals surface area contributed by atoms with Crippen molar-refractivity contribution in [1.29, 1.82) is 0 Å². The molecule has 148 valence electrons. The van der Waals surface area contributed by atoms with Gasteiger partial charge < -0.3 is 14.4 Å². The second-order valence-corrected chi connectivity index (χ2v) is 6.63. The van der Waals surface area contributed by atoms with E-state index in [4.69, 9.17) is 9.47 Å². The highest BCUT2D eigenvalue weighted by molar-refractivity contribution is 6.07.